The predicted molar refractivity (Wildman–Crippen MR) is 370 cm³/mol. The first kappa shape index (κ1) is 75.0. The molecule has 9 heterocycles. The number of aromatic amines is 6. The Hall–Kier alpha value is -12.7. The molecule has 6 aromatic carbocycles. The van der Waals surface area contributed by atoms with Crippen LogP contribution in [0.2, 0.25) is 5.02 Å². The number of aromatic nitrogens is 9. The topological polar surface area (TPSA) is 330 Å². The minimum Gasteiger partial charge on any atom is -0.381 e. The van der Waals surface area contributed by atoms with Crippen molar-refractivity contribution in [3.63, 3.8) is 0 Å². The standard InChI is InChI=1S/C24H17F4N5O3.C24H19F4N5O2.C15H9ClN4O3.C9H9F4N/c1-9(5-12-19(27)13(25)8-14(26)20(12)28)30-15-3-4-29-22(34)18(15)21-31-16-6-10-11(7-17(16)32-21)24(36)33(2)23(10)35;1-10(5-13-20(27)14(25)8-15(26)21(13)28)30-16-3-4-29-23(34)19(16)22-31-17-6-11-9-33(2)24(35)12(11)7-18(17)32-22;1-20-14(22)6-4-9-10(5-7(6)15(20)23)19-12(18-9)11-8(16)2-3-17-13(11)21;1-4(14)2-5-8(12)6(10)3-7(11)9(5)13/h3-4,6-9H,5H2,1-2H3,(H,31,32)(H2,29,30,34);3-4,6-8,10H,5,9H2,1-2H3,(H,31,32)(H2,29,30,34);2-5H,1H3,(H,17,21)(H,18,19);3-4H,2,14H2,1H3. The summed E-state index contributed by atoms with van der Waals surface area (Å²) in [5, 5.41) is 6.16. The molecule has 0 bridgehead atoms. The number of imidazole rings is 3. The van der Waals surface area contributed by atoms with Gasteiger partial charge in [0.2, 0.25) is 0 Å². The lowest BCUT2D eigenvalue weighted by Gasteiger charge is -2.18. The number of H-pyrrole nitrogens is 6. The van der Waals surface area contributed by atoms with E-state index in [1.165, 1.54) is 70.8 Å². The summed E-state index contributed by atoms with van der Waals surface area (Å²) in [6, 6.07) is 12.5. The van der Waals surface area contributed by atoms with Crippen molar-refractivity contribution in [1.82, 2.24) is 59.6 Å². The lowest BCUT2D eigenvalue weighted by molar-refractivity contribution is 0.0678. The van der Waals surface area contributed by atoms with Crippen LogP contribution in [0.25, 0.3) is 67.3 Å². The van der Waals surface area contributed by atoms with Gasteiger partial charge in [0.1, 0.15) is 34.2 Å². The zero-order chi connectivity index (χ0) is 78.1. The fourth-order valence-corrected chi connectivity index (χ4v) is 12.6. The van der Waals surface area contributed by atoms with Crippen molar-refractivity contribution in [3.05, 3.63) is 247 Å². The SMILES string of the molecule is CC(Cc1c(F)c(F)cc(F)c1F)Nc1cc[nH]c(=O)c1-c1nc2cc3c(cc2[nH]1)C(=O)N(C)C3=O.CC(Cc1c(F)c(F)cc(F)c1F)Nc1cc[nH]c(=O)c1-c1nc2cc3c(cc2[nH]1)CN(C)C3=O.CC(N)Cc1c(F)c(F)cc(F)c1F.CN1C(=O)c2cc3nc(-c4c(Cl)cc[nH]c4=O)[nH]c3cc2C1=O. The van der Waals surface area contributed by atoms with Crippen molar-refractivity contribution in [2.24, 2.45) is 5.73 Å². The molecule has 0 aliphatic carbocycles. The van der Waals surface area contributed by atoms with Crippen LogP contribution in [0.3, 0.4) is 0 Å². The van der Waals surface area contributed by atoms with E-state index in [0.717, 1.165) is 15.4 Å². The lowest BCUT2D eigenvalue weighted by atomic mass is 10.0. The first-order valence-electron chi connectivity index (χ1n) is 32.2. The van der Waals surface area contributed by atoms with Gasteiger partial charge >= 0.3 is 0 Å². The number of pyridine rings is 3. The number of carbonyl (C=O) groups is 5. The summed E-state index contributed by atoms with van der Waals surface area (Å²) in [6.07, 6.45) is 3.11. The molecule has 0 spiro atoms. The molecule has 15 rings (SSSR count). The van der Waals surface area contributed by atoms with E-state index < -0.39 is 134 Å². The van der Waals surface area contributed by atoms with Gasteiger partial charge in [0.15, 0.2) is 69.8 Å². The molecular formula is C72H54ClF12N15O8. The summed E-state index contributed by atoms with van der Waals surface area (Å²) < 4.78 is 162. The number of imide groups is 2. The Balaban J connectivity index is 0.000000141. The van der Waals surface area contributed by atoms with Crippen LogP contribution >= 0.6 is 11.6 Å². The largest absolute Gasteiger partial charge is 0.381 e. The second kappa shape index (κ2) is 29.4. The van der Waals surface area contributed by atoms with Crippen LogP contribution in [0.4, 0.5) is 64.1 Å². The van der Waals surface area contributed by atoms with Crippen molar-refractivity contribution in [3.8, 4) is 34.2 Å². The monoisotopic (exact) mass is 1520 g/mol. The highest BCUT2D eigenvalue weighted by Gasteiger charge is 2.36. The maximum Gasteiger partial charge on any atom is 0.261 e. The molecule has 0 fully saturated rings. The van der Waals surface area contributed by atoms with E-state index in [0.29, 0.717) is 62.0 Å². The molecule has 5 amide bonds. The molecule has 6 aromatic heterocycles. The molecule has 3 unspecified atom stereocenters. The maximum absolute atomic E-state index is 14.1. The van der Waals surface area contributed by atoms with Crippen LogP contribution in [0, 0.1) is 69.8 Å². The number of nitrogens with two attached hydrogens (primary N) is 1. The average molecular weight is 1520 g/mol. The molecule has 12 aromatic rings. The van der Waals surface area contributed by atoms with Gasteiger partial charge in [-0.3, -0.25) is 48.2 Å². The highest BCUT2D eigenvalue weighted by Crippen LogP contribution is 2.35. The number of nitrogens with zero attached hydrogens (tertiary/aromatic N) is 6. The van der Waals surface area contributed by atoms with E-state index in [2.05, 4.69) is 55.5 Å². The molecule has 23 nitrogen and oxygen atoms in total. The zero-order valence-corrected chi connectivity index (χ0v) is 57.4. The minimum absolute atomic E-state index is 0.0434. The smallest absolute Gasteiger partial charge is 0.261 e. The number of hydrogen-bond acceptors (Lipinski definition) is 14. The van der Waals surface area contributed by atoms with Crippen molar-refractivity contribution >= 4 is 85.6 Å². The molecular weight excluding hydrogens is 1470 g/mol. The van der Waals surface area contributed by atoms with E-state index in [1.54, 1.807) is 49.2 Å². The third-order valence-corrected chi connectivity index (χ3v) is 17.9. The molecule has 3 atom stereocenters. The Morgan fingerprint density at radius 2 is 0.741 bits per heavy atom. The normalized spacial score (nSPS) is 13.9. The molecule has 0 radical (unpaired) electrons. The summed E-state index contributed by atoms with van der Waals surface area (Å²) in [4.78, 5) is 132. The van der Waals surface area contributed by atoms with Crippen molar-refractivity contribution in [2.45, 2.75) is 64.7 Å². The number of nitrogens with one attached hydrogen (secondary N) is 8. The number of fused-ring (bicyclic) bond motifs is 6. The van der Waals surface area contributed by atoms with Crippen LogP contribution in [0.1, 0.15) is 94.8 Å². The first-order chi connectivity index (χ1) is 51.1. The molecule has 3 aliphatic heterocycles. The number of halogens is 13. The Kier molecular flexibility index (Phi) is 20.4. The van der Waals surface area contributed by atoms with Gasteiger partial charge in [-0.1, -0.05) is 11.6 Å². The van der Waals surface area contributed by atoms with E-state index in [1.807, 2.05) is 0 Å². The van der Waals surface area contributed by atoms with Gasteiger partial charge in [-0.15, -0.1) is 0 Å². The van der Waals surface area contributed by atoms with Gasteiger partial charge in [0.05, 0.1) is 71.8 Å². The highest BCUT2D eigenvalue weighted by atomic mass is 35.5. The molecule has 108 heavy (non-hydrogen) atoms. The molecule has 10 N–H and O–H groups in total. The van der Waals surface area contributed by atoms with Crippen LogP contribution in [-0.4, -0.2) is 128 Å². The number of carbonyl (C=O) groups excluding carboxylic acids is 5. The fourth-order valence-electron chi connectivity index (χ4n) is 12.4. The van der Waals surface area contributed by atoms with E-state index >= 15 is 0 Å². The lowest BCUT2D eigenvalue weighted by Crippen LogP contribution is -2.24. The average Bonchev–Trinajstić information content (AvgIpc) is 1.61. The summed E-state index contributed by atoms with van der Waals surface area (Å²) in [5.41, 5.74) is 7.89. The molecule has 0 saturated carbocycles. The Bertz CT molecular complexity index is 5790. The van der Waals surface area contributed by atoms with Gasteiger partial charge in [0, 0.05) is 105 Å². The number of benzene rings is 6. The van der Waals surface area contributed by atoms with Gasteiger partial charge < -0.3 is 51.2 Å². The van der Waals surface area contributed by atoms with Crippen molar-refractivity contribution in [2.75, 3.05) is 31.8 Å². The van der Waals surface area contributed by atoms with Crippen LogP contribution in [0.15, 0.2) is 106 Å². The number of hydrogen-bond donors (Lipinski definition) is 9. The summed E-state index contributed by atoms with van der Waals surface area (Å²) in [7, 11) is 4.51. The zero-order valence-electron chi connectivity index (χ0n) is 56.7. The Morgan fingerprint density at radius 3 is 1.10 bits per heavy atom. The van der Waals surface area contributed by atoms with E-state index in [9.17, 15) is 91.0 Å². The number of anilines is 2. The van der Waals surface area contributed by atoms with Gasteiger partial charge in [0.25, 0.3) is 46.2 Å². The molecule has 556 valence electrons. The van der Waals surface area contributed by atoms with Crippen molar-refractivity contribution < 1.29 is 76.7 Å². The third kappa shape index (κ3) is 14.1. The van der Waals surface area contributed by atoms with Crippen LogP contribution in [-0.2, 0) is 25.8 Å². The fraction of sp³-hybridized carbons (Fsp3) is 0.181. The second-order valence-electron chi connectivity index (χ2n) is 25.4. The summed E-state index contributed by atoms with van der Waals surface area (Å²) >= 11 is 6.06. The molecule has 3 aliphatic rings. The Labute approximate surface area is 603 Å². The summed E-state index contributed by atoms with van der Waals surface area (Å²) in [6.45, 7) is 5.02. The number of rotatable bonds is 13. The van der Waals surface area contributed by atoms with Gasteiger partial charge in [-0.2, -0.15) is 0 Å². The van der Waals surface area contributed by atoms with Gasteiger partial charge in [-0.25, -0.2) is 67.6 Å². The number of amides is 5. The first-order valence-corrected chi connectivity index (χ1v) is 32.5. The molecule has 0 saturated heterocycles. The van der Waals surface area contributed by atoms with Crippen LogP contribution in [0.5, 0.6) is 0 Å². The van der Waals surface area contributed by atoms with Crippen molar-refractivity contribution in [1.29, 1.82) is 0 Å². The highest BCUT2D eigenvalue weighted by molar-refractivity contribution is 6.33. The third-order valence-electron chi connectivity index (χ3n) is 17.6. The predicted octanol–water partition coefficient (Wildman–Crippen LogP) is 11.8. The maximum atomic E-state index is 14.1. The van der Waals surface area contributed by atoms with E-state index in [-0.39, 0.29) is 110 Å². The van der Waals surface area contributed by atoms with Gasteiger partial charge in [-0.05, 0) is 100 Å². The minimum atomic E-state index is -1.51. The van der Waals surface area contributed by atoms with E-state index in [4.69, 9.17) is 17.3 Å². The summed E-state index contributed by atoms with van der Waals surface area (Å²) in [5.74, 6) is -18.6. The quantitative estimate of drug-likeness (QED) is 0.0294. The second-order valence-corrected chi connectivity index (χ2v) is 25.8. The van der Waals surface area contributed by atoms with Crippen LogP contribution < -0.4 is 33.0 Å². The Morgan fingerprint density at radius 1 is 0.426 bits per heavy atom. The molecule has 36 heteroatoms.